The van der Waals surface area contributed by atoms with Crippen LogP contribution in [0.4, 0.5) is 0 Å². The Morgan fingerprint density at radius 2 is 2.29 bits per heavy atom. The predicted molar refractivity (Wildman–Crippen MR) is 72.2 cm³/mol. The number of halogens is 2. The van der Waals surface area contributed by atoms with Crippen LogP contribution >= 0.6 is 27.5 Å². The van der Waals surface area contributed by atoms with Crippen molar-refractivity contribution in [1.29, 1.82) is 0 Å². The molecule has 5 heteroatoms. The van der Waals surface area contributed by atoms with E-state index in [1.54, 1.807) is 11.0 Å². The van der Waals surface area contributed by atoms with Gasteiger partial charge in [-0.2, -0.15) is 0 Å². The Morgan fingerprint density at radius 1 is 1.59 bits per heavy atom. The van der Waals surface area contributed by atoms with Crippen LogP contribution < -0.4 is 5.73 Å². The van der Waals surface area contributed by atoms with Gasteiger partial charge in [-0.25, -0.2) is 0 Å². The van der Waals surface area contributed by atoms with Crippen LogP contribution in [0.1, 0.15) is 23.7 Å². The van der Waals surface area contributed by atoms with Crippen LogP contribution in [0.3, 0.4) is 0 Å². The third kappa shape index (κ3) is 2.34. The van der Waals surface area contributed by atoms with Gasteiger partial charge in [0.05, 0.1) is 10.6 Å². The summed E-state index contributed by atoms with van der Waals surface area (Å²) >= 11 is 9.45. The summed E-state index contributed by atoms with van der Waals surface area (Å²) in [4.78, 5) is 14.1. The van der Waals surface area contributed by atoms with Gasteiger partial charge in [0, 0.05) is 23.1 Å². The zero-order valence-electron chi connectivity index (χ0n) is 9.49. The molecule has 1 aliphatic rings. The minimum atomic E-state index is -0.0447. The van der Waals surface area contributed by atoms with E-state index in [0.717, 1.165) is 10.9 Å². The van der Waals surface area contributed by atoms with Gasteiger partial charge in [0.1, 0.15) is 0 Å². The van der Waals surface area contributed by atoms with Crippen LogP contribution in [0.5, 0.6) is 0 Å². The first-order chi connectivity index (χ1) is 8.02. The zero-order valence-corrected chi connectivity index (χ0v) is 11.8. The average molecular weight is 318 g/mol. The summed E-state index contributed by atoms with van der Waals surface area (Å²) in [6.07, 6.45) is 0.846. The molecule has 0 spiro atoms. The maximum atomic E-state index is 12.3. The second-order valence-corrected chi connectivity index (χ2v) is 5.53. The Morgan fingerprint density at radius 3 is 2.88 bits per heavy atom. The number of carbonyl (C=O) groups excluding carboxylic acids is 1. The van der Waals surface area contributed by atoms with E-state index in [1.165, 1.54) is 0 Å². The third-order valence-corrected chi connectivity index (χ3v) is 4.55. The van der Waals surface area contributed by atoms with Crippen LogP contribution in [0.15, 0.2) is 22.7 Å². The Labute approximate surface area is 114 Å². The third-order valence-electron chi connectivity index (χ3n) is 3.26. The molecule has 1 fully saturated rings. The van der Waals surface area contributed by atoms with Gasteiger partial charge >= 0.3 is 0 Å². The predicted octanol–water partition coefficient (Wildman–Crippen LogP) is 2.66. The van der Waals surface area contributed by atoms with E-state index in [2.05, 4.69) is 15.9 Å². The average Bonchev–Trinajstić information content (AvgIpc) is 2.63. The van der Waals surface area contributed by atoms with Crippen molar-refractivity contribution in [2.24, 2.45) is 5.73 Å². The van der Waals surface area contributed by atoms with Gasteiger partial charge in [-0.1, -0.05) is 17.7 Å². The fourth-order valence-electron chi connectivity index (χ4n) is 2.07. The van der Waals surface area contributed by atoms with E-state index in [9.17, 15) is 4.79 Å². The molecule has 3 nitrogen and oxygen atoms in total. The van der Waals surface area contributed by atoms with Crippen molar-refractivity contribution in [1.82, 2.24) is 4.90 Å². The van der Waals surface area contributed by atoms with Crippen LogP contribution in [0.2, 0.25) is 5.02 Å². The lowest BCUT2D eigenvalue weighted by Gasteiger charge is -2.23. The smallest absolute Gasteiger partial charge is 0.255 e. The number of nitrogens with two attached hydrogens (primary N) is 1. The highest BCUT2D eigenvalue weighted by atomic mass is 79.9. The van der Waals surface area contributed by atoms with Crippen molar-refractivity contribution in [3.8, 4) is 0 Å². The molecule has 1 saturated heterocycles. The molecule has 0 saturated carbocycles. The number of nitrogens with zero attached hydrogens (tertiary/aromatic N) is 1. The normalized spacial score (nSPS) is 24.1. The molecule has 1 aromatic rings. The molecule has 0 radical (unpaired) electrons. The van der Waals surface area contributed by atoms with Crippen LogP contribution in [-0.2, 0) is 0 Å². The van der Waals surface area contributed by atoms with E-state index in [4.69, 9.17) is 17.3 Å². The van der Waals surface area contributed by atoms with Crippen LogP contribution in [0.25, 0.3) is 0 Å². The molecule has 1 aromatic carbocycles. The monoisotopic (exact) mass is 316 g/mol. The molecule has 17 heavy (non-hydrogen) atoms. The van der Waals surface area contributed by atoms with Crippen molar-refractivity contribution in [2.45, 2.75) is 25.4 Å². The summed E-state index contributed by atoms with van der Waals surface area (Å²) < 4.78 is 0.737. The first kappa shape index (κ1) is 12.9. The molecular weight excluding hydrogens is 304 g/mol. The summed E-state index contributed by atoms with van der Waals surface area (Å²) in [5, 5.41) is 0.463. The molecule has 0 aromatic heterocycles. The molecule has 1 aliphatic heterocycles. The summed E-state index contributed by atoms with van der Waals surface area (Å²) in [6.45, 7) is 2.67. The molecule has 2 unspecified atom stereocenters. The topological polar surface area (TPSA) is 46.3 Å². The van der Waals surface area contributed by atoms with Crippen molar-refractivity contribution in [3.05, 3.63) is 33.3 Å². The van der Waals surface area contributed by atoms with Gasteiger partial charge in [-0.15, -0.1) is 0 Å². The molecule has 1 amide bonds. The fourth-order valence-corrected chi connectivity index (χ4v) is 2.65. The van der Waals surface area contributed by atoms with Crippen molar-refractivity contribution in [2.75, 3.05) is 6.54 Å². The maximum Gasteiger partial charge on any atom is 0.255 e. The van der Waals surface area contributed by atoms with E-state index < -0.39 is 0 Å². The Hall–Kier alpha value is -0.580. The van der Waals surface area contributed by atoms with Crippen molar-refractivity contribution < 1.29 is 4.79 Å². The van der Waals surface area contributed by atoms with Gasteiger partial charge in [0.2, 0.25) is 0 Å². The van der Waals surface area contributed by atoms with Crippen molar-refractivity contribution in [3.63, 3.8) is 0 Å². The van der Waals surface area contributed by atoms with Gasteiger partial charge < -0.3 is 10.6 Å². The molecule has 0 bridgehead atoms. The summed E-state index contributed by atoms with van der Waals surface area (Å²) in [5.74, 6) is -0.0447. The number of rotatable bonds is 1. The number of benzene rings is 1. The second-order valence-electron chi connectivity index (χ2n) is 4.29. The molecular formula is C12H14BrClN2O. The number of amides is 1. The van der Waals surface area contributed by atoms with Crippen molar-refractivity contribution >= 4 is 33.4 Å². The first-order valence-corrected chi connectivity index (χ1v) is 6.70. The van der Waals surface area contributed by atoms with Gasteiger partial charge in [-0.05, 0) is 41.4 Å². The van der Waals surface area contributed by atoms with Gasteiger partial charge in [-0.3, -0.25) is 4.79 Å². The quantitative estimate of drug-likeness (QED) is 0.865. The maximum absolute atomic E-state index is 12.3. The summed E-state index contributed by atoms with van der Waals surface area (Å²) in [7, 11) is 0. The van der Waals surface area contributed by atoms with Crippen LogP contribution in [0, 0.1) is 0 Å². The Bertz CT molecular complexity index is 452. The van der Waals surface area contributed by atoms with E-state index in [0.29, 0.717) is 17.1 Å². The van der Waals surface area contributed by atoms with E-state index in [1.807, 2.05) is 19.1 Å². The molecule has 1 heterocycles. The Balaban J connectivity index is 2.29. The lowest BCUT2D eigenvalue weighted by molar-refractivity contribution is 0.0742. The highest BCUT2D eigenvalue weighted by Gasteiger charge is 2.32. The van der Waals surface area contributed by atoms with Crippen LogP contribution in [-0.4, -0.2) is 29.4 Å². The molecule has 2 atom stereocenters. The number of carbonyl (C=O) groups is 1. The Kier molecular flexibility index (Phi) is 3.76. The number of likely N-dealkylation sites (tertiary alicyclic amines) is 1. The zero-order chi connectivity index (χ0) is 12.6. The van der Waals surface area contributed by atoms with Gasteiger partial charge in [0.25, 0.3) is 5.91 Å². The second kappa shape index (κ2) is 4.96. The molecule has 2 N–H and O–H groups in total. The summed E-state index contributed by atoms with van der Waals surface area (Å²) in [6, 6.07) is 5.50. The first-order valence-electron chi connectivity index (χ1n) is 5.53. The number of hydrogen-bond acceptors (Lipinski definition) is 2. The minimum Gasteiger partial charge on any atom is -0.334 e. The number of hydrogen-bond donors (Lipinski definition) is 1. The van der Waals surface area contributed by atoms with E-state index >= 15 is 0 Å². The summed E-state index contributed by atoms with van der Waals surface area (Å²) in [5.41, 5.74) is 6.45. The SMILES string of the molecule is CC1C(N)CCN1C(=O)c1cccc(Br)c1Cl. The molecule has 0 aliphatic carbocycles. The highest BCUT2D eigenvalue weighted by Crippen LogP contribution is 2.28. The fraction of sp³-hybridized carbons (Fsp3) is 0.417. The van der Waals surface area contributed by atoms with E-state index in [-0.39, 0.29) is 18.0 Å². The molecule has 2 rings (SSSR count). The molecule has 92 valence electrons. The largest absolute Gasteiger partial charge is 0.334 e. The minimum absolute atomic E-state index is 0.0447. The van der Waals surface area contributed by atoms with Gasteiger partial charge in [0.15, 0.2) is 0 Å². The lowest BCUT2D eigenvalue weighted by Crippen LogP contribution is -2.40. The highest BCUT2D eigenvalue weighted by molar-refractivity contribution is 9.10. The standard InChI is InChI=1S/C12H14BrClN2O/c1-7-10(15)5-6-16(7)12(17)8-3-2-4-9(13)11(8)14/h2-4,7,10H,5-6,15H2,1H3. The lowest BCUT2D eigenvalue weighted by atomic mass is 10.1.